The van der Waals surface area contributed by atoms with Gasteiger partial charge in [0.05, 0.1) is 40.3 Å². The number of amides is 2. The molecule has 0 saturated carbocycles. The van der Waals surface area contributed by atoms with Crippen LogP contribution < -0.4 is 11.1 Å². The molecule has 0 spiro atoms. The van der Waals surface area contributed by atoms with Gasteiger partial charge in [0.1, 0.15) is 0 Å². The first-order valence-electron chi connectivity index (χ1n) is 13.9. The fraction of sp³-hybridized carbons (Fsp3) is 0.419. The van der Waals surface area contributed by atoms with Crippen LogP contribution in [0.3, 0.4) is 0 Å². The maximum absolute atomic E-state index is 13.4. The third-order valence-corrected chi connectivity index (χ3v) is 7.27. The zero-order valence-electron chi connectivity index (χ0n) is 23.5. The van der Waals surface area contributed by atoms with Crippen molar-refractivity contribution in [1.82, 2.24) is 20.2 Å². The van der Waals surface area contributed by atoms with Crippen molar-refractivity contribution in [3.05, 3.63) is 72.1 Å². The Morgan fingerprint density at radius 3 is 2.10 bits per heavy atom. The average Bonchev–Trinajstić information content (AvgIpc) is 3.52. The molecule has 0 fully saturated rings. The van der Waals surface area contributed by atoms with E-state index in [1.54, 1.807) is 4.90 Å². The molecule has 2 amide bonds. The Morgan fingerprint density at radius 1 is 0.897 bits per heavy atom. The van der Waals surface area contributed by atoms with Crippen LogP contribution in [0, 0.1) is 0 Å². The number of carbonyl (C=O) groups is 2. The predicted molar refractivity (Wildman–Crippen MR) is 158 cm³/mol. The summed E-state index contributed by atoms with van der Waals surface area (Å²) in [5, 5.41) is 5.31. The van der Waals surface area contributed by atoms with Crippen molar-refractivity contribution in [2.24, 2.45) is 5.73 Å². The van der Waals surface area contributed by atoms with E-state index in [1.807, 2.05) is 48.8 Å². The molecule has 0 saturated heterocycles. The lowest BCUT2D eigenvalue weighted by atomic mass is 10.1. The lowest BCUT2D eigenvalue weighted by Gasteiger charge is -2.26. The van der Waals surface area contributed by atoms with E-state index in [4.69, 9.17) is 5.73 Å². The monoisotopic (exact) mass is 531 g/mol. The molecule has 39 heavy (non-hydrogen) atoms. The first-order chi connectivity index (χ1) is 18.7. The number of aromatic nitrogens is 2. The number of rotatable bonds is 14. The first kappa shape index (κ1) is 28.4. The summed E-state index contributed by atoms with van der Waals surface area (Å²) < 4.78 is 0.888. The standard InChI is InChI=1S/C31H42N6O2/c1-37(2,3)19-9-8-12-27(32)31(39)36(18-16-24-21-35-29-14-7-5-11-26(24)29)22-30(38)33-17-15-23-20-34-28-13-6-4-10-25(23)28/h4-7,10-11,13-14,20-21,27,34-35H,8-9,12,15-19,22,32H2,1-3H3/p+1/t27-/m0/s1. The van der Waals surface area contributed by atoms with Crippen molar-refractivity contribution in [3.63, 3.8) is 0 Å². The predicted octanol–water partition coefficient (Wildman–Crippen LogP) is 3.58. The summed E-state index contributed by atoms with van der Waals surface area (Å²) in [6.45, 7) is 1.97. The zero-order valence-corrected chi connectivity index (χ0v) is 23.5. The summed E-state index contributed by atoms with van der Waals surface area (Å²) in [6.07, 6.45) is 7.84. The van der Waals surface area contributed by atoms with Crippen LogP contribution in [-0.2, 0) is 22.4 Å². The van der Waals surface area contributed by atoms with Gasteiger partial charge in [0.2, 0.25) is 11.8 Å². The van der Waals surface area contributed by atoms with Crippen LogP contribution in [-0.4, -0.2) is 84.5 Å². The molecular weight excluding hydrogens is 488 g/mol. The maximum Gasteiger partial charge on any atom is 0.239 e. The molecule has 208 valence electrons. The van der Waals surface area contributed by atoms with Gasteiger partial charge >= 0.3 is 0 Å². The van der Waals surface area contributed by atoms with Crippen LogP contribution in [0.25, 0.3) is 21.8 Å². The molecule has 4 aromatic rings. The van der Waals surface area contributed by atoms with Gasteiger partial charge in [-0.25, -0.2) is 0 Å². The summed E-state index contributed by atoms with van der Waals surface area (Å²) in [4.78, 5) is 34.6. The van der Waals surface area contributed by atoms with Crippen LogP contribution >= 0.6 is 0 Å². The molecule has 2 heterocycles. The minimum atomic E-state index is -0.612. The average molecular weight is 532 g/mol. The highest BCUT2D eigenvalue weighted by Crippen LogP contribution is 2.19. The number of aromatic amines is 2. The number of hydrogen-bond acceptors (Lipinski definition) is 3. The van der Waals surface area contributed by atoms with E-state index in [1.165, 1.54) is 5.39 Å². The van der Waals surface area contributed by atoms with Gasteiger partial charge in [0, 0.05) is 47.3 Å². The molecule has 0 radical (unpaired) electrons. The lowest BCUT2D eigenvalue weighted by Crippen LogP contribution is -2.48. The van der Waals surface area contributed by atoms with Gasteiger partial charge < -0.3 is 30.4 Å². The summed E-state index contributed by atoms with van der Waals surface area (Å²) in [7, 11) is 6.48. The number of carbonyl (C=O) groups excluding carboxylic acids is 2. The van der Waals surface area contributed by atoms with E-state index in [0.29, 0.717) is 32.4 Å². The molecule has 4 rings (SSSR count). The number of nitrogens with zero attached hydrogens (tertiary/aromatic N) is 2. The summed E-state index contributed by atoms with van der Waals surface area (Å²) in [5.41, 5.74) is 10.8. The second-order valence-electron chi connectivity index (χ2n) is 11.4. The molecule has 8 heteroatoms. The fourth-order valence-electron chi connectivity index (χ4n) is 5.07. The second-order valence-corrected chi connectivity index (χ2v) is 11.4. The molecule has 2 aromatic carbocycles. The zero-order chi connectivity index (χ0) is 27.8. The summed E-state index contributed by atoms with van der Waals surface area (Å²) in [6, 6.07) is 15.6. The summed E-state index contributed by atoms with van der Waals surface area (Å²) in [5.74, 6) is -0.328. The third-order valence-electron chi connectivity index (χ3n) is 7.27. The fourth-order valence-corrected chi connectivity index (χ4v) is 5.07. The summed E-state index contributed by atoms with van der Waals surface area (Å²) >= 11 is 0. The lowest BCUT2D eigenvalue weighted by molar-refractivity contribution is -0.870. The number of para-hydroxylation sites is 2. The van der Waals surface area contributed by atoms with Crippen LogP contribution in [0.2, 0.25) is 0 Å². The number of quaternary nitrogens is 1. The minimum absolute atomic E-state index is 0.00164. The van der Waals surface area contributed by atoms with Crippen molar-refractivity contribution < 1.29 is 14.1 Å². The molecule has 0 unspecified atom stereocenters. The van der Waals surface area contributed by atoms with E-state index < -0.39 is 6.04 Å². The van der Waals surface area contributed by atoms with Gasteiger partial charge in [-0.05, 0) is 55.4 Å². The molecule has 0 aliphatic rings. The van der Waals surface area contributed by atoms with Gasteiger partial charge in [-0.1, -0.05) is 36.4 Å². The quantitative estimate of drug-likeness (QED) is 0.148. The van der Waals surface area contributed by atoms with E-state index in [9.17, 15) is 9.59 Å². The number of nitrogens with two attached hydrogens (primary N) is 1. The topological polar surface area (TPSA) is 107 Å². The van der Waals surface area contributed by atoms with Gasteiger partial charge in [0.25, 0.3) is 0 Å². The maximum atomic E-state index is 13.4. The number of fused-ring (bicyclic) bond motifs is 2. The largest absolute Gasteiger partial charge is 0.361 e. The van der Waals surface area contributed by atoms with Crippen LogP contribution in [0.5, 0.6) is 0 Å². The Kier molecular flexibility index (Phi) is 9.43. The Labute approximate surface area is 231 Å². The van der Waals surface area contributed by atoms with Gasteiger partial charge in [-0.3, -0.25) is 9.59 Å². The number of unbranched alkanes of at least 4 members (excludes halogenated alkanes) is 1. The highest BCUT2D eigenvalue weighted by molar-refractivity contribution is 5.88. The Balaban J connectivity index is 1.35. The van der Waals surface area contributed by atoms with Crippen molar-refractivity contribution in [3.8, 4) is 0 Å². The smallest absolute Gasteiger partial charge is 0.239 e. The van der Waals surface area contributed by atoms with Gasteiger partial charge in [-0.15, -0.1) is 0 Å². The highest BCUT2D eigenvalue weighted by atomic mass is 16.2. The van der Waals surface area contributed by atoms with Crippen LogP contribution in [0.4, 0.5) is 0 Å². The SMILES string of the molecule is C[N+](C)(C)CCCC[C@H](N)C(=O)N(CCc1c[nH]c2ccccc12)CC(=O)NCCc1c[nH]c2ccccc12. The first-order valence-corrected chi connectivity index (χ1v) is 13.9. The van der Waals surface area contributed by atoms with Crippen LogP contribution in [0.15, 0.2) is 60.9 Å². The molecule has 0 aliphatic heterocycles. The molecule has 1 atom stereocenters. The molecule has 5 N–H and O–H groups in total. The second kappa shape index (κ2) is 13.0. The highest BCUT2D eigenvalue weighted by Gasteiger charge is 2.23. The molecule has 0 aliphatic carbocycles. The van der Waals surface area contributed by atoms with Crippen molar-refractivity contribution in [2.45, 2.75) is 38.1 Å². The third kappa shape index (κ3) is 7.94. The van der Waals surface area contributed by atoms with E-state index in [2.05, 4.69) is 48.6 Å². The van der Waals surface area contributed by atoms with Crippen LogP contribution in [0.1, 0.15) is 30.4 Å². The van der Waals surface area contributed by atoms with E-state index in [-0.39, 0.29) is 18.4 Å². The van der Waals surface area contributed by atoms with Crippen molar-refractivity contribution in [2.75, 3.05) is 47.3 Å². The van der Waals surface area contributed by atoms with Crippen molar-refractivity contribution in [1.29, 1.82) is 0 Å². The van der Waals surface area contributed by atoms with Gasteiger partial charge in [0.15, 0.2) is 0 Å². The number of H-pyrrole nitrogens is 2. The molecule has 0 bridgehead atoms. The number of benzene rings is 2. The number of hydrogen-bond donors (Lipinski definition) is 4. The Morgan fingerprint density at radius 2 is 1.49 bits per heavy atom. The molecule has 8 nitrogen and oxygen atoms in total. The van der Waals surface area contributed by atoms with E-state index in [0.717, 1.165) is 51.4 Å². The Hall–Kier alpha value is -3.62. The minimum Gasteiger partial charge on any atom is -0.361 e. The van der Waals surface area contributed by atoms with Crippen molar-refractivity contribution >= 4 is 33.6 Å². The normalized spacial score (nSPS) is 12.6. The number of nitrogens with one attached hydrogen (secondary N) is 3. The Bertz CT molecular complexity index is 1380. The van der Waals surface area contributed by atoms with E-state index >= 15 is 0 Å². The molecule has 2 aromatic heterocycles. The molecular formula is C31H43N6O2+. The van der Waals surface area contributed by atoms with Gasteiger partial charge in [-0.2, -0.15) is 0 Å².